The zero-order valence-electron chi connectivity index (χ0n) is 22.8. The number of esters is 1. The molecule has 8 atom stereocenters. The van der Waals surface area contributed by atoms with Gasteiger partial charge in [0.25, 0.3) is 0 Å². The number of carbonyl (C=O) groups excluding carboxylic acids is 1. The number of ether oxygens (including phenoxy) is 1. The van der Waals surface area contributed by atoms with Crippen LogP contribution in [-0.2, 0) is 9.53 Å². The Morgan fingerprint density at radius 2 is 1.71 bits per heavy atom. The van der Waals surface area contributed by atoms with E-state index in [1.807, 2.05) is 0 Å². The van der Waals surface area contributed by atoms with Crippen LogP contribution in [0.5, 0.6) is 0 Å². The Hall–Kier alpha value is -1.17. The van der Waals surface area contributed by atoms with Gasteiger partial charge in [0.1, 0.15) is 11.0 Å². The molecular formula is C30H46O5. The molecule has 35 heavy (non-hydrogen) atoms. The summed E-state index contributed by atoms with van der Waals surface area (Å²) < 4.78 is 6.07. The Morgan fingerprint density at radius 3 is 2.37 bits per heavy atom. The van der Waals surface area contributed by atoms with Crippen LogP contribution in [0.25, 0.3) is 0 Å². The second-order valence-electron chi connectivity index (χ2n) is 14.1. The monoisotopic (exact) mass is 486 g/mol. The van der Waals surface area contributed by atoms with E-state index >= 15 is 0 Å². The van der Waals surface area contributed by atoms with Crippen molar-refractivity contribution in [2.24, 2.45) is 33.5 Å². The molecule has 3 fully saturated rings. The standard InChI is InChI=1S/C30H46O5/c1-18(2)8-11-23(32)28(7)30(34)17-16-27(6)20-9-10-21-25(3,4)22(31)13-14-26(21,5)19(20)12-15-29(27,30)24(33)35-28/h9,12,18,21-23,31-32,34H,8,10-11,13-17H2,1-7H3/t21?,22?,23?,26?,27-,28?,29?,30-/m0/s1. The summed E-state index contributed by atoms with van der Waals surface area (Å²) >= 11 is 0. The van der Waals surface area contributed by atoms with Gasteiger partial charge in [-0.3, -0.25) is 4.79 Å². The molecule has 5 aliphatic rings. The zero-order chi connectivity index (χ0) is 25.8. The van der Waals surface area contributed by atoms with Crippen LogP contribution in [0.15, 0.2) is 23.3 Å². The first-order valence-electron chi connectivity index (χ1n) is 13.9. The van der Waals surface area contributed by atoms with E-state index in [1.54, 1.807) is 6.92 Å². The molecule has 1 saturated heterocycles. The third-order valence-electron chi connectivity index (χ3n) is 11.9. The molecule has 0 amide bonds. The second-order valence-corrected chi connectivity index (χ2v) is 14.1. The van der Waals surface area contributed by atoms with Crippen LogP contribution >= 0.6 is 0 Å². The lowest BCUT2D eigenvalue weighted by Gasteiger charge is -2.60. The van der Waals surface area contributed by atoms with Crippen molar-refractivity contribution in [3.8, 4) is 0 Å². The SMILES string of the molecule is CC(C)CCC(O)C1(C)OC(=O)C23CC=C4C(=CCC5C4(C)CCC(O)C5(C)C)[C@]2(C)CC[C@]13O. The summed E-state index contributed by atoms with van der Waals surface area (Å²) in [5, 5.41) is 34.5. The van der Waals surface area contributed by atoms with E-state index in [1.165, 1.54) is 11.1 Å². The third kappa shape index (κ3) is 2.79. The largest absolute Gasteiger partial charge is 0.453 e. The predicted molar refractivity (Wildman–Crippen MR) is 135 cm³/mol. The third-order valence-corrected chi connectivity index (χ3v) is 11.9. The highest BCUT2D eigenvalue weighted by atomic mass is 16.6. The maximum absolute atomic E-state index is 13.9. The Bertz CT molecular complexity index is 995. The van der Waals surface area contributed by atoms with Crippen molar-refractivity contribution < 1.29 is 24.9 Å². The highest BCUT2D eigenvalue weighted by Crippen LogP contribution is 2.76. The van der Waals surface area contributed by atoms with Crippen LogP contribution in [0.4, 0.5) is 0 Å². The molecule has 6 unspecified atom stereocenters. The smallest absolute Gasteiger partial charge is 0.317 e. The van der Waals surface area contributed by atoms with Gasteiger partial charge in [0.15, 0.2) is 5.60 Å². The maximum atomic E-state index is 13.9. The van der Waals surface area contributed by atoms with Crippen molar-refractivity contribution in [1.29, 1.82) is 0 Å². The first-order chi connectivity index (χ1) is 16.1. The molecule has 0 aromatic heterocycles. The topological polar surface area (TPSA) is 87.0 Å². The van der Waals surface area contributed by atoms with Gasteiger partial charge in [-0.2, -0.15) is 0 Å². The van der Waals surface area contributed by atoms with Crippen molar-refractivity contribution in [2.75, 3.05) is 0 Å². The molecular weight excluding hydrogens is 440 g/mol. The number of hydrogen-bond acceptors (Lipinski definition) is 5. The van der Waals surface area contributed by atoms with Gasteiger partial charge in [0.05, 0.1) is 12.2 Å². The highest BCUT2D eigenvalue weighted by molar-refractivity contribution is 5.87. The first-order valence-corrected chi connectivity index (χ1v) is 13.9. The number of carbonyl (C=O) groups is 1. The molecule has 0 aromatic carbocycles. The molecule has 5 heteroatoms. The van der Waals surface area contributed by atoms with E-state index in [2.05, 4.69) is 53.7 Å². The number of rotatable bonds is 4. The van der Waals surface area contributed by atoms with E-state index in [0.29, 0.717) is 37.5 Å². The van der Waals surface area contributed by atoms with Gasteiger partial charge in [-0.05, 0) is 92.1 Å². The van der Waals surface area contributed by atoms with Gasteiger partial charge >= 0.3 is 5.97 Å². The minimum Gasteiger partial charge on any atom is -0.453 e. The van der Waals surface area contributed by atoms with Crippen LogP contribution in [0.2, 0.25) is 0 Å². The van der Waals surface area contributed by atoms with E-state index < -0.39 is 28.1 Å². The summed E-state index contributed by atoms with van der Waals surface area (Å²) in [6, 6.07) is 0. The quantitative estimate of drug-likeness (QED) is 0.483. The lowest BCUT2D eigenvalue weighted by Crippen LogP contribution is -2.64. The number of aliphatic hydroxyl groups excluding tert-OH is 2. The maximum Gasteiger partial charge on any atom is 0.317 e. The second kappa shape index (κ2) is 7.45. The van der Waals surface area contributed by atoms with Crippen LogP contribution in [0.3, 0.4) is 0 Å². The molecule has 1 heterocycles. The molecule has 3 N–H and O–H groups in total. The summed E-state index contributed by atoms with van der Waals surface area (Å²) in [6.07, 6.45) is 8.75. The Labute approximate surface area is 211 Å². The Balaban J connectivity index is 1.59. The minimum atomic E-state index is -1.43. The van der Waals surface area contributed by atoms with Crippen LogP contribution in [0, 0.1) is 33.5 Å². The van der Waals surface area contributed by atoms with Gasteiger partial charge in [-0.1, -0.05) is 53.7 Å². The van der Waals surface area contributed by atoms with Gasteiger partial charge in [-0.15, -0.1) is 0 Å². The molecule has 0 bridgehead atoms. The molecule has 1 aliphatic heterocycles. The first kappa shape index (κ1) is 25.5. The molecule has 1 spiro atoms. The summed E-state index contributed by atoms with van der Waals surface area (Å²) in [7, 11) is 0. The molecule has 2 saturated carbocycles. The molecule has 4 aliphatic carbocycles. The number of hydrogen-bond donors (Lipinski definition) is 3. The van der Waals surface area contributed by atoms with Crippen molar-refractivity contribution in [3.63, 3.8) is 0 Å². The normalized spacial score (nSPS) is 48.8. The average molecular weight is 487 g/mol. The van der Waals surface area contributed by atoms with Crippen molar-refractivity contribution >= 4 is 5.97 Å². The lowest BCUT2D eigenvalue weighted by atomic mass is 9.43. The van der Waals surface area contributed by atoms with Gasteiger partial charge in [0, 0.05) is 5.41 Å². The fraction of sp³-hybridized carbons (Fsp3) is 0.833. The highest BCUT2D eigenvalue weighted by Gasteiger charge is 2.83. The summed E-state index contributed by atoms with van der Waals surface area (Å²) in [5.74, 6) is 0.390. The fourth-order valence-electron chi connectivity index (χ4n) is 9.39. The lowest BCUT2D eigenvalue weighted by molar-refractivity contribution is -0.187. The molecule has 0 aromatic rings. The summed E-state index contributed by atoms with van der Waals surface area (Å²) in [4.78, 5) is 13.9. The van der Waals surface area contributed by atoms with E-state index in [9.17, 15) is 20.1 Å². The van der Waals surface area contributed by atoms with Crippen LogP contribution in [0.1, 0.15) is 99.8 Å². The fourth-order valence-corrected chi connectivity index (χ4v) is 9.39. The van der Waals surface area contributed by atoms with E-state index in [4.69, 9.17) is 4.74 Å². The van der Waals surface area contributed by atoms with Crippen molar-refractivity contribution in [3.05, 3.63) is 23.3 Å². The summed E-state index contributed by atoms with van der Waals surface area (Å²) in [6.45, 7) is 14.9. The number of cyclic esters (lactones) is 1. The zero-order valence-corrected chi connectivity index (χ0v) is 22.8. The van der Waals surface area contributed by atoms with Gasteiger partial charge in [-0.25, -0.2) is 0 Å². The van der Waals surface area contributed by atoms with Gasteiger partial charge in [0.2, 0.25) is 0 Å². The summed E-state index contributed by atoms with van der Waals surface area (Å²) in [5.41, 5.74) is -2.13. The number of allylic oxidation sites excluding steroid dienone is 4. The van der Waals surface area contributed by atoms with Crippen LogP contribution < -0.4 is 0 Å². The van der Waals surface area contributed by atoms with E-state index in [-0.39, 0.29) is 22.9 Å². The van der Waals surface area contributed by atoms with Crippen molar-refractivity contribution in [2.45, 2.75) is 123 Å². The molecule has 196 valence electrons. The van der Waals surface area contributed by atoms with Crippen LogP contribution in [-0.4, -0.2) is 44.7 Å². The molecule has 0 radical (unpaired) electrons. The molecule has 5 rings (SSSR count). The number of aliphatic hydroxyl groups is 3. The van der Waals surface area contributed by atoms with Gasteiger partial charge < -0.3 is 20.1 Å². The number of fused-ring (bicyclic) bond motifs is 4. The Morgan fingerprint density at radius 1 is 1.03 bits per heavy atom. The van der Waals surface area contributed by atoms with E-state index in [0.717, 1.165) is 25.7 Å². The average Bonchev–Trinajstić information content (AvgIpc) is 3.13. The van der Waals surface area contributed by atoms with Crippen molar-refractivity contribution in [1.82, 2.24) is 0 Å². The molecule has 5 nitrogen and oxygen atoms in total. The minimum absolute atomic E-state index is 0.0687. The predicted octanol–water partition coefficient (Wildman–Crippen LogP) is 5.08. The Kier molecular flexibility index (Phi) is 5.42.